The molecule has 4 saturated carbocycles. The summed E-state index contributed by atoms with van der Waals surface area (Å²) in [6.45, 7) is 6.97. The first-order valence-electron chi connectivity index (χ1n) is 9.65. The van der Waals surface area contributed by atoms with E-state index >= 15 is 0 Å². The van der Waals surface area contributed by atoms with E-state index in [1.54, 1.807) is 5.57 Å². The molecule has 0 spiro atoms. The predicted octanol–water partition coefficient (Wildman–Crippen LogP) is 4.58. The number of hydrogen-bond acceptors (Lipinski definition) is 2. The Morgan fingerprint density at radius 3 is 2.65 bits per heavy atom. The van der Waals surface area contributed by atoms with Gasteiger partial charge in [-0.25, -0.2) is 0 Å². The van der Waals surface area contributed by atoms with E-state index in [1.165, 1.54) is 19.3 Å². The van der Waals surface area contributed by atoms with Gasteiger partial charge in [-0.3, -0.25) is 9.59 Å². The second kappa shape index (κ2) is 5.29. The van der Waals surface area contributed by atoms with E-state index in [4.69, 9.17) is 0 Å². The average Bonchev–Trinajstić information content (AvgIpc) is 2.96. The maximum Gasteiger partial charge on any atom is 0.137 e. The van der Waals surface area contributed by atoms with E-state index in [2.05, 4.69) is 26.8 Å². The fourth-order valence-corrected chi connectivity index (χ4v) is 7.08. The molecule has 0 aromatic heterocycles. The van der Waals surface area contributed by atoms with Crippen molar-refractivity contribution in [3.05, 3.63) is 11.6 Å². The highest BCUT2D eigenvalue weighted by Gasteiger charge is 2.59. The normalized spacial score (nSPS) is 51.3. The Balaban J connectivity index is 1.70. The first-order chi connectivity index (χ1) is 11.0. The molecular weight excluding hydrogens is 284 g/mol. The molecule has 4 fully saturated rings. The van der Waals surface area contributed by atoms with Gasteiger partial charge in [0.05, 0.1) is 0 Å². The van der Waals surface area contributed by atoms with Crippen LogP contribution >= 0.6 is 0 Å². The van der Waals surface area contributed by atoms with Crippen molar-refractivity contribution in [2.24, 2.45) is 40.9 Å². The van der Waals surface area contributed by atoms with E-state index in [9.17, 15) is 9.59 Å². The summed E-state index contributed by atoms with van der Waals surface area (Å²) in [4.78, 5) is 24.8. The third-order valence-electron chi connectivity index (χ3n) is 8.18. The quantitative estimate of drug-likeness (QED) is 0.613. The van der Waals surface area contributed by atoms with Crippen LogP contribution in [-0.4, -0.2) is 11.6 Å². The molecule has 0 aliphatic heterocycles. The van der Waals surface area contributed by atoms with Crippen molar-refractivity contribution < 1.29 is 9.59 Å². The Kier molecular flexibility index (Phi) is 3.59. The molecule has 0 radical (unpaired) electrons. The van der Waals surface area contributed by atoms with E-state index in [1.807, 2.05) is 0 Å². The van der Waals surface area contributed by atoms with Gasteiger partial charge in [-0.05, 0) is 67.6 Å². The van der Waals surface area contributed by atoms with Crippen LogP contribution in [0.4, 0.5) is 0 Å². The van der Waals surface area contributed by atoms with Gasteiger partial charge in [-0.2, -0.15) is 0 Å². The fourth-order valence-electron chi connectivity index (χ4n) is 7.08. The Labute approximate surface area is 140 Å². The summed E-state index contributed by atoms with van der Waals surface area (Å²) >= 11 is 0. The van der Waals surface area contributed by atoms with Gasteiger partial charge in [0.25, 0.3) is 0 Å². The zero-order valence-corrected chi connectivity index (χ0v) is 14.8. The molecule has 0 saturated heterocycles. The molecule has 23 heavy (non-hydrogen) atoms. The number of ketones is 2. The molecule has 4 aliphatic rings. The van der Waals surface area contributed by atoms with Crippen molar-refractivity contribution in [2.75, 3.05) is 0 Å². The number of hydrogen-bond donors (Lipinski definition) is 0. The number of fused-ring (bicyclic) bond motifs is 5. The summed E-state index contributed by atoms with van der Waals surface area (Å²) in [5.41, 5.74) is 1.74. The van der Waals surface area contributed by atoms with Crippen LogP contribution in [0.25, 0.3) is 0 Å². The first kappa shape index (κ1) is 15.6. The molecule has 0 bridgehead atoms. The third kappa shape index (κ3) is 2.13. The smallest absolute Gasteiger partial charge is 0.137 e. The molecule has 4 aliphatic carbocycles. The van der Waals surface area contributed by atoms with Crippen molar-refractivity contribution >= 4 is 11.6 Å². The zero-order valence-electron chi connectivity index (χ0n) is 14.8. The standard InChI is InChI=1S/C21H30O2/c1-4-13-5-6-15-16-11-19(23)18-10-14(22)7-8-21(18,3)17(16)9-12(2)20(13)15/h4,12,15-18,20H,5-11H2,1-3H3/t12-,15?,16?,17?,18?,20?,21-/m1/s1. The van der Waals surface area contributed by atoms with Crippen LogP contribution in [0, 0.1) is 40.9 Å². The highest BCUT2D eigenvalue weighted by Crippen LogP contribution is 2.63. The summed E-state index contributed by atoms with van der Waals surface area (Å²) < 4.78 is 0. The number of rotatable bonds is 0. The van der Waals surface area contributed by atoms with Gasteiger partial charge in [-0.15, -0.1) is 0 Å². The van der Waals surface area contributed by atoms with Crippen LogP contribution in [0.3, 0.4) is 0 Å². The second-order valence-corrected chi connectivity index (χ2v) is 9.05. The molecule has 126 valence electrons. The maximum absolute atomic E-state index is 12.9. The van der Waals surface area contributed by atoms with E-state index in [-0.39, 0.29) is 11.3 Å². The Morgan fingerprint density at radius 2 is 1.91 bits per heavy atom. The maximum atomic E-state index is 12.9. The number of Topliss-reactive ketones (excluding diaryl/α,β-unsaturated/α-hetero) is 2. The molecule has 7 atom stereocenters. The number of carbonyl (C=O) groups is 2. The minimum Gasteiger partial charge on any atom is -0.300 e. The van der Waals surface area contributed by atoms with Gasteiger partial charge in [-0.1, -0.05) is 25.5 Å². The molecule has 0 aromatic carbocycles. The lowest BCUT2D eigenvalue weighted by Crippen LogP contribution is -2.56. The number of carbonyl (C=O) groups excluding carboxylic acids is 2. The van der Waals surface area contributed by atoms with Crippen LogP contribution in [0.15, 0.2) is 11.6 Å². The van der Waals surface area contributed by atoms with Gasteiger partial charge in [0.2, 0.25) is 0 Å². The Morgan fingerprint density at radius 1 is 1.13 bits per heavy atom. The fraction of sp³-hybridized carbons (Fsp3) is 0.810. The van der Waals surface area contributed by atoms with Gasteiger partial charge in [0.1, 0.15) is 11.6 Å². The monoisotopic (exact) mass is 314 g/mol. The Bertz CT molecular complexity index is 574. The SMILES string of the molecule is CC=C1CCC2C3CC(=O)C4CC(=O)CC[C@]4(C)C3C[C@@H](C)C12. The lowest BCUT2D eigenvalue weighted by molar-refractivity contribution is -0.155. The van der Waals surface area contributed by atoms with E-state index in [0.29, 0.717) is 42.2 Å². The largest absolute Gasteiger partial charge is 0.300 e. The summed E-state index contributed by atoms with van der Waals surface area (Å²) in [7, 11) is 0. The van der Waals surface area contributed by atoms with Crippen molar-refractivity contribution in [3.63, 3.8) is 0 Å². The van der Waals surface area contributed by atoms with E-state index in [0.717, 1.165) is 24.7 Å². The minimum absolute atomic E-state index is 0.0244. The van der Waals surface area contributed by atoms with Crippen LogP contribution in [-0.2, 0) is 9.59 Å². The summed E-state index contributed by atoms with van der Waals surface area (Å²) in [6, 6.07) is 0. The molecule has 0 amide bonds. The molecule has 0 aromatic rings. The number of allylic oxidation sites excluding steroid dienone is 2. The van der Waals surface area contributed by atoms with Gasteiger partial charge in [0.15, 0.2) is 0 Å². The Hall–Kier alpha value is -0.920. The first-order valence-corrected chi connectivity index (χ1v) is 9.65. The van der Waals surface area contributed by atoms with Crippen molar-refractivity contribution in [1.82, 2.24) is 0 Å². The van der Waals surface area contributed by atoms with Crippen LogP contribution in [0.2, 0.25) is 0 Å². The van der Waals surface area contributed by atoms with Gasteiger partial charge < -0.3 is 0 Å². The lowest BCUT2D eigenvalue weighted by Gasteiger charge is -2.58. The van der Waals surface area contributed by atoms with Crippen LogP contribution in [0.1, 0.15) is 65.7 Å². The molecular formula is C21H30O2. The summed E-state index contributed by atoms with van der Waals surface area (Å²) in [5.74, 6) is 4.16. The van der Waals surface area contributed by atoms with Crippen molar-refractivity contribution in [2.45, 2.75) is 65.7 Å². The second-order valence-electron chi connectivity index (χ2n) is 9.05. The minimum atomic E-state index is 0.0244. The summed E-state index contributed by atoms with van der Waals surface area (Å²) in [6.07, 6.45) is 9.06. The van der Waals surface area contributed by atoms with Crippen LogP contribution in [0.5, 0.6) is 0 Å². The lowest BCUT2D eigenvalue weighted by atomic mass is 9.45. The van der Waals surface area contributed by atoms with Crippen molar-refractivity contribution in [1.29, 1.82) is 0 Å². The highest BCUT2D eigenvalue weighted by molar-refractivity contribution is 5.90. The van der Waals surface area contributed by atoms with Gasteiger partial charge in [0, 0.05) is 25.2 Å². The summed E-state index contributed by atoms with van der Waals surface area (Å²) in [5, 5.41) is 0. The van der Waals surface area contributed by atoms with Crippen molar-refractivity contribution in [3.8, 4) is 0 Å². The van der Waals surface area contributed by atoms with Crippen LogP contribution < -0.4 is 0 Å². The van der Waals surface area contributed by atoms with Gasteiger partial charge >= 0.3 is 0 Å². The molecule has 2 nitrogen and oxygen atoms in total. The highest BCUT2D eigenvalue weighted by atomic mass is 16.1. The van der Waals surface area contributed by atoms with E-state index < -0.39 is 0 Å². The predicted molar refractivity (Wildman–Crippen MR) is 90.8 cm³/mol. The third-order valence-corrected chi connectivity index (χ3v) is 8.18. The molecule has 2 heteroatoms. The molecule has 5 unspecified atom stereocenters. The average molecular weight is 314 g/mol. The topological polar surface area (TPSA) is 34.1 Å². The molecule has 0 N–H and O–H groups in total. The molecule has 0 heterocycles. The molecule has 4 rings (SSSR count). The zero-order chi connectivity index (χ0) is 16.4.